The van der Waals surface area contributed by atoms with Gasteiger partial charge in [-0.2, -0.15) is 11.8 Å². The first-order valence-corrected chi connectivity index (χ1v) is 6.77. The molecule has 0 radical (unpaired) electrons. The van der Waals surface area contributed by atoms with E-state index in [-0.39, 0.29) is 0 Å². The Labute approximate surface area is 101 Å². The third-order valence-corrected chi connectivity index (χ3v) is 4.18. The lowest BCUT2D eigenvalue weighted by Crippen LogP contribution is -2.25. The average Bonchev–Trinajstić information content (AvgIpc) is 2.63. The van der Waals surface area contributed by atoms with E-state index in [0.717, 1.165) is 18.8 Å². The summed E-state index contributed by atoms with van der Waals surface area (Å²) in [5.74, 6) is -0.0480. The largest absolute Gasteiger partial charge is 0.479 e. The Kier molecular flexibility index (Phi) is 6.16. The van der Waals surface area contributed by atoms with E-state index in [9.17, 15) is 4.79 Å². The zero-order valence-corrected chi connectivity index (χ0v) is 10.7. The number of rotatable bonds is 7. The molecule has 1 heterocycles. The highest BCUT2D eigenvalue weighted by molar-refractivity contribution is 7.99. The van der Waals surface area contributed by atoms with Crippen LogP contribution in [0.3, 0.4) is 0 Å². The van der Waals surface area contributed by atoms with Crippen LogP contribution in [-0.2, 0) is 14.3 Å². The standard InChI is InChI=1S/C11H20O4S/c1-3-14-9(11(12)13)5-7-16-10-4-6-15-8(10)2/h8-10H,3-7H2,1-2H3,(H,12,13). The lowest BCUT2D eigenvalue weighted by Gasteiger charge is -2.16. The van der Waals surface area contributed by atoms with Gasteiger partial charge in [-0.1, -0.05) is 0 Å². The molecule has 94 valence electrons. The van der Waals surface area contributed by atoms with Crippen LogP contribution in [0.5, 0.6) is 0 Å². The van der Waals surface area contributed by atoms with Crippen molar-refractivity contribution >= 4 is 17.7 Å². The highest BCUT2D eigenvalue weighted by atomic mass is 32.2. The monoisotopic (exact) mass is 248 g/mol. The molecule has 0 bridgehead atoms. The number of thioether (sulfide) groups is 1. The Morgan fingerprint density at radius 2 is 2.44 bits per heavy atom. The second-order valence-corrected chi connectivity index (χ2v) is 5.19. The van der Waals surface area contributed by atoms with Crippen LogP contribution in [0.4, 0.5) is 0 Å². The molecule has 4 nitrogen and oxygen atoms in total. The molecular formula is C11H20O4S. The SMILES string of the molecule is CCOC(CCSC1CCOC1C)C(=O)O. The Morgan fingerprint density at radius 3 is 2.94 bits per heavy atom. The molecule has 16 heavy (non-hydrogen) atoms. The molecule has 0 saturated carbocycles. The average molecular weight is 248 g/mol. The van der Waals surface area contributed by atoms with Gasteiger partial charge in [0.2, 0.25) is 0 Å². The van der Waals surface area contributed by atoms with E-state index >= 15 is 0 Å². The van der Waals surface area contributed by atoms with Gasteiger partial charge in [0.05, 0.1) is 6.10 Å². The predicted molar refractivity (Wildman–Crippen MR) is 63.9 cm³/mol. The van der Waals surface area contributed by atoms with E-state index in [1.807, 2.05) is 6.92 Å². The van der Waals surface area contributed by atoms with Gasteiger partial charge in [-0.25, -0.2) is 4.79 Å². The summed E-state index contributed by atoms with van der Waals surface area (Å²) in [4.78, 5) is 10.8. The zero-order valence-electron chi connectivity index (χ0n) is 9.85. The van der Waals surface area contributed by atoms with E-state index in [2.05, 4.69) is 6.92 Å². The number of hydrogen-bond donors (Lipinski definition) is 1. The Bertz CT molecular complexity index is 222. The summed E-state index contributed by atoms with van der Waals surface area (Å²) in [7, 11) is 0. The van der Waals surface area contributed by atoms with Crippen molar-refractivity contribution in [1.82, 2.24) is 0 Å². The van der Waals surface area contributed by atoms with Crippen molar-refractivity contribution in [3.05, 3.63) is 0 Å². The number of carbonyl (C=O) groups is 1. The van der Waals surface area contributed by atoms with Gasteiger partial charge in [0, 0.05) is 18.5 Å². The summed E-state index contributed by atoms with van der Waals surface area (Å²) in [5, 5.41) is 9.40. The fourth-order valence-corrected chi connectivity index (χ4v) is 3.00. The fourth-order valence-electron chi connectivity index (χ4n) is 1.74. The first kappa shape index (κ1) is 13.8. The molecular weight excluding hydrogens is 228 g/mol. The second-order valence-electron chi connectivity index (χ2n) is 3.84. The molecule has 0 aromatic carbocycles. The summed E-state index contributed by atoms with van der Waals surface area (Å²) in [6, 6.07) is 0. The molecule has 0 aromatic heterocycles. The van der Waals surface area contributed by atoms with Gasteiger partial charge in [-0.15, -0.1) is 0 Å². The minimum Gasteiger partial charge on any atom is -0.479 e. The molecule has 0 amide bonds. The molecule has 1 N–H and O–H groups in total. The summed E-state index contributed by atoms with van der Waals surface area (Å²) < 4.78 is 10.6. The van der Waals surface area contributed by atoms with Crippen LogP contribution < -0.4 is 0 Å². The minimum atomic E-state index is -0.863. The van der Waals surface area contributed by atoms with Gasteiger partial charge < -0.3 is 14.6 Å². The number of carboxylic acid groups (broad SMARTS) is 1. The normalized spacial score (nSPS) is 26.9. The van der Waals surface area contributed by atoms with Gasteiger partial charge in [0.15, 0.2) is 6.10 Å². The number of aliphatic carboxylic acids is 1. The van der Waals surface area contributed by atoms with Gasteiger partial charge in [0.25, 0.3) is 0 Å². The third kappa shape index (κ3) is 4.31. The molecule has 5 heteroatoms. The van der Waals surface area contributed by atoms with Gasteiger partial charge in [-0.05, 0) is 32.4 Å². The van der Waals surface area contributed by atoms with E-state index in [4.69, 9.17) is 14.6 Å². The maximum absolute atomic E-state index is 10.8. The molecule has 1 aliphatic heterocycles. The smallest absolute Gasteiger partial charge is 0.332 e. The molecule has 0 aromatic rings. The first-order chi connectivity index (χ1) is 7.65. The maximum Gasteiger partial charge on any atom is 0.332 e. The van der Waals surface area contributed by atoms with Crippen molar-refractivity contribution in [2.24, 2.45) is 0 Å². The number of ether oxygens (including phenoxy) is 2. The topological polar surface area (TPSA) is 55.8 Å². The van der Waals surface area contributed by atoms with Crippen molar-refractivity contribution in [2.45, 2.75) is 44.1 Å². The first-order valence-electron chi connectivity index (χ1n) is 5.72. The molecule has 3 atom stereocenters. The highest BCUT2D eigenvalue weighted by Crippen LogP contribution is 2.27. The fraction of sp³-hybridized carbons (Fsp3) is 0.909. The predicted octanol–water partition coefficient (Wildman–Crippen LogP) is 1.78. The molecule has 1 fully saturated rings. The van der Waals surface area contributed by atoms with Gasteiger partial charge in [-0.3, -0.25) is 0 Å². The van der Waals surface area contributed by atoms with Crippen LogP contribution >= 0.6 is 11.8 Å². The second kappa shape index (κ2) is 7.14. The molecule has 0 spiro atoms. The Hall–Kier alpha value is -0.260. The third-order valence-electron chi connectivity index (χ3n) is 2.66. The van der Waals surface area contributed by atoms with Crippen molar-refractivity contribution in [1.29, 1.82) is 0 Å². The minimum absolute atomic E-state index is 0.292. The van der Waals surface area contributed by atoms with E-state index < -0.39 is 12.1 Å². The van der Waals surface area contributed by atoms with E-state index in [1.165, 1.54) is 0 Å². The van der Waals surface area contributed by atoms with Gasteiger partial charge in [0.1, 0.15) is 0 Å². The van der Waals surface area contributed by atoms with Crippen LogP contribution in [0.15, 0.2) is 0 Å². The lowest BCUT2D eigenvalue weighted by atomic mass is 10.2. The summed E-state index contributed by atoms with van der Waals surface area (Å²) in [5.41, 5.74) is 0. The summed E-state index contributed by atoms with van der Waals surface area (Å²) >= 11 is 1.80. The van der Waals surface area contributed by atoms with Crippen LogP contribution in [0.2, 0.25) is 0 Å². The van der Waals surface area contributed by atoms with Crippen LogP contribution in [-0.4, -0.2) is 47.5 Å². The number of hydrogen-bond acceptors (Lipinski definition) is 4. The van der Waals surface area contributed by atoms with Crippen LogP contribution in [0.25, 0.3) is 0 Å². The van der Waals surface area contributed by atoms with Crippen LogP contribution in [0, 0.1) is 0 Å². The molecule has 3 unspecified atom stereocenters. The Balaban J connectivity index is 2.19. The van der Waals surface area contributed by atoms with E-state index in [1.54, 1.807) is 11.8 Å². The van der Waals surface area contributed by atoms with Crippen LogP contribution in [0.1, 0.15) is 26.7 Å². The van der Waals surface area contributed by atoms with Crippen molar-refractivity contribution in [3.63, 3.8) is 0 Å². The molecule has 0 aliphatic carbocycles. The van der Waals surface area contributed by atoms with Crippen molar-refractivity contribution in [3.8, 4) is 0 Å². The zero-order chi connectivity index (χ0) is 12.0. The van der Waals surface area contributed by atoms with E-state index in [0.29, 0.717) is 24.4 Å². The molecule has 1 rings (SSSR count). The number of carboxylic acids is 1. The summed E-state index contributed by atoms with van der Waals surface area (Å²) in [6.45, 7) is 5.16. The van der Waals surface area contributed by atoms with Crippen molar-refractivity contribution < 1.29 is 19.4 Å². The van der Waals surface area contributed by atoms with Gasteiger partial charge >= 0.3 is 5.97 Å². The highest BCUT2D eigenvalue weighted by Gasteiger charge is 2.25. The quantitative estimate of drug-likeness (QED) is 0.744. The molecule has 1 saturated heterocycles. The maximum atomic E-state index is 10.8. The summed E-state index contributed by atoms with van der Waals surface area (Å²) in [6.07, 6.45) is 1.27. The lowest BCUT2D eigenvalue weighted by molar-refractivity contribution is -0.150. The molecule has 1 aliphatic rings. The Morgan fingerprint density at radius 1 is 1.69 bits per heavy atom. The van der Waals surface area contributed by atoms with Crippen molar-refractivity contribution in [2.75, 3.05) is 19.0 Å².